The molecule has 0 fully saturated rings. The van der Waals surface area contributed by atoms with Gasteiger partial charge in [-0.05, 0) is 30.2 Å². The Kier molecular flexibility index (Phi) is 4.28. The van der Waals surface area contributed by atoms with Crippen LogP contribution >= 0.6 is 0 Å². The summed E-state index contributed by atoms with van der Waals surface area (Å²) in [6.45, 7) is 0. The summed E-state index contributed by atoms with van der Waals surface area (Å²) in [5.74, 6) is -2.16. The molecule has 0 amide bonds. The number of nitrogens with two attached hydrogens (primary N) is 1. The highest BCUT2D eigenvalue weighted by Crippen LogP contribution is 2.32. The first-order valence-electron chi connectivity index (χ1n) is 5.05. The largest absolute Gasteiger partial charge is 0.481 e. The molecule has 3 N–H and O–H groups in total. The Labute approximate surface area is 100 Å². The van der Waals surface area contributed by atoms with Gasteiger partial charge in [-0.15, -0.1) is 0 Å². The summed E-state index contributed by atoms with van der Waals surface area (Å²) in [6.07, 6.45) is -5.02. The zero-order chi connectivity index (χ0) is 13.9. The molecule has 0 aliphatic rings. The fraction of sp³-hybridized carbons (Fsp3) is 0.364. The van der Waals surface area contributed by atoms with Gasteiger partial charge in [0, 0.05) is 12.5 Å². The van der Waals surface area contributed by atoms with Crippen LogP contribution in [0.2, 0.25) is 0 Å². The van der Waals surface area contributed by atoms with Crippen molar-refractivity contribution in [3.05, 3.63) is 35.1 Å². The van der Waals surface area contributed by atoms with Crippen LogP contribution in [0.5, 0.6) is 0 Å². The summed E-state index contributed by atoms with van der Waals surface area (Å²) in [6, 6.07) is 1.03. The molecule has 0 aliphatic heterocycles. The molecule has 7 heteroatoms. The highest BCUT2D eigenvalue weighted by molar-refractivity contribution is 5.66. The second-order valence-electron chi connectivity index (χ2n) is 3.81. The quantitative estimate of drug-likeness (QED) is 0.823. The summed E-state index contributed by atoms with van der Waals surface area (Å²) >= 11 is 0. The topological polar surface area (TPSA) is 63.3 Å². The van der Waals surface area contributed by atoms with E-state index >= 15 is 0 Å². The van der Waals surface area contributed by atoms with Gasteiger partial charge in [0.1, 0.15) is 5.82 Å². The Morgan fingerprint density at radius 3 is 2.44 bits per heavy atom. The van der Waals surface area contributed by atoms with E-state index in [0.29, 0.717) is 6.07 Å². The van der Waals surface area contributed by atoms with Crippen LogP contribution in [0.1, 0.15) is 30.0 Å². The summed E-state index contributed by atoms with van der Waals surface area (Å²) in [5, 5.41) is 8.44. The Hall–Kier alpha value is -1.63. The van der Waals surface area contributed by atoms with Gasteiger partial charge in [0.2, 0.25) is 0 Å². The van der Waals surface area contributed by atoms with Gasteiger partial charge in [-0.1, -0.05) is 0 Å². The van der Waals surface area contributed by atoms with Crippen LogP contribution in [0, 0.1) is 5.82 Å². The standard InChI is InChI=1S/C11H11F4NO2/c12-8-4-6(9(16)1-2-10(17)18)3-7(5-8)11(13,14)15/h3-5,9H,1-2,16H2,(H,17,18). The zero-order valence-electron chi connectivity index (χ0n) is 9.17. The van der Waals surface area contributed by atoms with Crippen molar-refractivity contribution in [3.63, 3.8) is 0 Å². The molecule has 0 heterocycles. The van der Waals surface area contributed by atoms with E-state index in [2.05, 4.69) is 0 Å². The zero-order valence-corrected chi connectivity index (χ0v) is 9.17. The van der Waals surface area contributed by atoms with Crippen LogP contribution in [0.25, 0.3) is 0 Å². The molecular formula is C11H11F4NO2. The average molecular weight is 265 g/mol. The van der Waals surface area contributed by atoms with E-state index in [0.717, 1.165) is 12.1 Å². The predicted octanol–water partition coefficient (Wildman–Crippen LogP) is 2.71. The first-order valence-corrected chi connectivity index (χ1v) is 5.05. The van der Waals surface area contributed by atoms with Crippen LogP contribution in [0.15, 0.2) is 18.2 Å². The fourth-order valence-electron chi connectivity index (χ4n) is 1.44. The molecule has 0 spiro atoms. The third-order valence-electron chi connectivity index (χ3n) is 2.34. The molecule has 3 nitrogen and oxygen atoms in total. The lowest BCUT2D eigenvalue weighted by molar-refractivity contribution is -0.138. The van der Waals surface area contributed by atoms with Crippen molar-refractivity contribution in [1.29, 1.82) is 0 Å². The molecule has 0 saturated heterocycles. The number of hydrogen-bond acceptors (Lipinski definition) is 2. The van der Waals surface area contributed by atoms with E-state index in [1.807, 2.05) is 0 Å². The van der Waals surface area contributed by atoms with Crippen molar-refractivity contribution in [1.82, 2.24) is 0 Å². The highest BCUT2D eigenvalue weighted by atomic mass is 19.4. The molecule has 0 aliphatic carbocycles. The Balaban J connectivity index is 2.95. The molecule has 1 aromatic carbocycles. The molecule has 1 unspecified atom stereocenters. The first kappa shape index (κ1) is 14.4. The Bertz CT molecular complexity index is 445. The summed E-state index contributed by atoms with van der Waals surface area (Å²) in [4.78, 5) is 10.3. The number of benzene rings is 1. The second-order valence-corrected chi connectivity index (χ2v) is 3.81. The van der Waals surface area contributed by atoms with Crippen molar-refractivity contribution in [2.45, 2.75) is 25.1 Å². The predicted molar refractivity (Wildman–Crippen MR) is 55.2 cm³/mol. The molecule has 1 atom stereocenters. The molecule has 0 saturated carbocycles. The highest BCUT2D eigenvalue weighted by Gasteiger charge is 2.31. The monoisotopic (exact) mass is 265 g/mol. The lowest BCUT2D eigenvalue weighted by Gasteiger charge is -2.14. The molecule has 0 bridgehead atoms. The van der Waals surface area contributed by atoms with Gasteiger partial charge in [0.05, 0.1) is 5.56 Å². The molecule has 0 aromatic heterocycles. The van der Waals surface area contributed by atoms with Gasteiger partial charge in [-0.2, -0.15) is 13.2 Å². The smallest absolute Gasteiger partial charge is 0.416 e. The normalized spacial score (nSPS) is 13.4. The first-order chi connectivity index (χ1) is 8.20. The van der Waals surface area contributed by atoms with E-state index in [1.54, 1.807) is 0 Å². The van der Waals surface area contributed by atoms with Crippen LogP contribution in [-0.2, 0) is 11.0 Å². The SMILES string of the molecule is NC(CCC(=O)O)c1cc(F)cc(C(F)(F)F)c1. The summed E-state index contributed by atoms with van der Waals surface area (Å²) in [7, 11) is 0. The molecular weight excluding hydrogens is 254 g/mol. The van der Waals surface area contributed by atoms with E-state index in [9.17, 15) is 22.4 Å². The number of carbonyl (C=O) groups is 1. The number of hydrogen-bond donors (Lipinski definition) is 2. The maximum absolute atomic E-state index is 13.0. The number of carboxylic acid groups (broad SMARTS) is 1. The van der Waals surface area contributed by atoms with Crippen LogP contribution in [-0.4, -0.2) is 11.1 Å². The van der Waals surface area contributed by atoms with Gasteiger partial charge >= 0.3 is 12.1 Å². The van der Waals surface area contributed by atoms with E-state index in [4.69, 9.17) is 10.8 Å². The number of carboxylic acids is 1. The number of rotatable bonds is 4. The minimum atomic E-state index is -4.66. The number of aliphatic carboxylic acids is 1. The number of halogens is 4. The maximum Gasteiger partial charge on any atom is 0.416 e. The van der Waals surface area contributed by atoms with Crippen molar-refractivity contribution < 1.29 is 27.5 Å². The average Bonchev–Trinajstić information content (AvgIpc) is 2.23. The lowest BCUT2D eigenvalue weighted by Crippen LogP contribution is -2.14. The van der Waals surface area contributed by atoms with E-state index < -0.39 is 29.6 Å². The maximum atomic E-state index is 13.0. The van der Waals surface area contributed by atoms with Gasteiger partial charge in [-0.3, -0.25) is 4.79 Å². The molecule has 1 rings (SSSR count). The molecule has 18 heavy (non-hydrogen) atoms. The van der Waals surface area contributed by atoms with Crippen LogP contribution < -0.4 is 5.73 Å². The van der Waals surface area contributed by atoms with Crippen LogP contribution in [0.3, 0.4) is 0 Å². The van der Waals surface area contributed by atoms with E-state index in [-0.39, 0.29) is 18.4 Å². The van der Waals surface area contributed by atoms with Gasteiger partial charge < -0.3 is 10.8 Å². The number of alkyl halides is 3. The Morgan fingerprint density at radius 1 is 1.33 bits per heavy atom. The Morgan fingerprint density at radius 2 is 1.94 bits per heavy atom. The molecule has 0 radical (unpaired) electrons. The van der Waals surface area contributed by atoms with Crippen molar-refractivity contribution in [3.8, 4) is 0 Å². The van der Waals surface area contributed by atoms with Crippen LogP contribution in [0.4, 0.5) is 17.6 Å². The fourth-order valence-corrected chi connectivity index (χ4v) is 1.44. The summed E-state index contributed by atoms with van der Waals surface area (Å²) in [5.41, 5.74) is 4.33. The summed E-state index contributed by atoms with van der Waals surface area (Å²) < 4.78 is 50.3. The minimum Gasteiger partial charge on any atom is -0.481 e. The van der Waals surface area contributed by atoms with Gasteiger partial charge in [-0.25, -0.2) is 4.39 Å². The minimum absolute atomic E-state index is 0.0594. The molecule has 100 valence electrons. The van der Waals surface area contributed by atoms with Crippen molar-refractivity contribution in [2.24, 2.45) is 5.73 Å². The third kappa shape index (κ3) is 3.99. The molecule has 1 aromatic rings. The third-order valence-corrected chi connectivity index (χ3v) is 2.34. The van der Waals surface area contributed by atoms with Crippen molar-refractivity contribution in [2.75, 3.05) is 0 Å². The van der Waals surface area contributed by atoms with Gasteiger partial charge in [0.25, 0.3) is 0 Å². The van der Waals surface area contributed by atoms with E-state index in [1.165, 1.54) is 0 Å². The second kappa shape index (κ2) is 5.34. The van der Waals surface area contributed by atoms with Crippen molar-refractivity contribution >= 4 is 5.97 Å². The van der Waals surface area contributed by atoms with Gasteiger partial charge in [0.15, 0.2) is 0 Å². The lowest BCUT2D eigenvalue weighted by atomic mass is 10.0.